The van der Waals surface area contributed by atoms with E-state index in [1.807, 2.05) is 0 Å². The Morgan fingerprint density at radius 1 is 1.24 bits per heavy atom. The molecular weight excluding hydrogens is 272 g/mol. The average Bonchev–Trinajstić information content (AvgIpc) is 3.09. The number of likely N-dealkylation sites (tertiary alicyclic amines) is 1. The third kappa shape index (κ3) is 2.70. The molecule has 2 fully saturated rings. The van der Waals surface area contributed by atoms with Crippen LogP contribution in [0.1, 0.15) is 31.4 Å². The van der Waals surface area contributed by atoms with Gasteiger partial charge in [-0.2, -0.15) is 0 Å². The third-order valence-electron chi connectivity index (χ3n) is 4.27. The maximum absolute atomic E-state index is 12.2. The summed E-state index contributed by atoms with van der Waals surface area (Å²) in [4.78, 5) is 37.5. The summed E-state index contributed by atoms with van der Waals surface area (Å²) in [5.41, 5.74) is 0. The zero-order chi connectivity index (χ0) is 14.8. The fourth-order valence-electron chi connectivity index (χ4n) is 3.19. The Morgan fingerprint density at radius 3 is 2.48 bits per heavy atom. The Labute approximate surface area is 122 Å². The lowest BCUT2D eigenvalue weighted by molar-refractivity contribution is -0.143. The Bertz CT molecular complexity index is 528. The fraction of sp³-hybridized carbons (Fsp3) is 0.533. The van der Waals surface area contributed by atoms with Gasteiger partial charge in [-0.3, -0.25) is 19.3 Å². The zero-order valence-electron chi connectivity index (χ0n) is 11.7. The van der Waals surface area contributed by atoms with E-state index in [2.05, 4.69) is 5.32 Å². The van der Waals surface area contributed by atoms with Crippen molar-refractivity contribution in [3.63, 3.8) is 0 Å². The second kappa shape index (κ2) is 5.71. The Balaban J connectivity index is 1.57. The van der Waals surface area contributed by atoms with Crippen molar-refractivity contribution in [2.75, 3.05) is 6.54 Å². The molecule has 1 saturated heterocycles. The molecule has 1 aliphatic heterocycles. The van der Waals surface area contributed by atoms with E-state index in [0.29, 0.717) is 5.76 Å². The summed E-state index contributed by atoms with van der Waals surface area (Å²) in [5, 5.41) is 2.66. The lowest BCUT2D eigenvalue weighted by Gasteiger charge is -2.19. The van der Waals surface area contributed by atoms with Gasteiger partial charge in [0.2, 0.25) is 17.7 Å². The van der Waals surface area contributed by atoms with Gasteiger partial charge in [-0.25, -0.2) is 0 Å². The summed E-state index contributed by atoms with van der Waals surface area (Å²) in [6.07, 6.45) is 5.02. The van der Waals surface area contributed by atoms with Crippen LogP contribution in [0.25, 0.3) is 0 Å². The molecule has 1 saturated carbocycles. The highest BCUT2D eigenvalue weighted by Crippen LogP contribution is 2.37. The maximum atomic E-state index is 12.2. The molecule has 1 aromatic rings. The van der Waals surface area contributed by atoms with Crippen LogP contribution in [-0.2, 0) is 20.9 Å². The SMILES string of the molecule is O=C(CN1C(=O)[C@H]2CCCC[C@@H]2C1=O)NCc1ccco1. The normalized spacial score (nSPS) is 25.0. The van der Waals surface area contributed by atoms with E-state index in [1.54, 1.807) is 12.1 Å². The number of fused-ring (bicyclic) bond motifs is 1. The summed E-state index contributed by atoms with van der Waals surface area (Å²) in [5.74, 6) is -0.480. The molecule has 1 aliphatic carbocycles. The first kappa shape index (κ1) is 13.9. The molecule has 3 amide bonds. The van der Waals surface area contributed by atoms with Gasteiger partial charge < -0.3 is 9.73 Å². The Kier molecular flexibility index (Phi) is 3.77. The number of hydrogen-bond donors (Lipinski definition) is 1. The van der Waals surface area contributed by atoms with Crippen molar-refractivity contribution in [3.05, 3.63) is 24.2 Å². The first-order valence-electron chi connectivity index (χ1n) is 7.31. The van der Waals surface area contributed by atoms with Gasteiger partial charge in [-0.1, -0.05) is 12.8 Å². The van der Waals surface area contributed by atoms with Crippen LogP contribution in [0.15, 0.2) is 22.8 Å². The molecule has 1 aromatic heterocycles. The van der Waals surface area contributed by atoms with Crippen LogP contribution in [0, 0.1) is 11.8 Å². The van der Waals surface area contributed by atoms with Crippen molar-refractivity contribution in [1.82, 2.24) is 10.2 Å². The standard InChI is InChI=1S/C15H18N2O4/c18-13(16-8-10-4-3-7-21-10)9-17-14(19)11-5-1-2-6-12(11)15(17)20/h3-4,7,11-12H,1-2,5-6,8-9H2,(H,16,18)/t11-,12-/m0/s1. The second-order valence-corrected chi connectivity index (χ2v) is 5.62. The summed E-state index contributed by atoms with van der Waals surface area (Å²) >= 11 is 0. The topological polar surface area (TPSA) is 79.6 Å². The minimum Gasteiger partial charge on any atom is -0.467 e. The Hall–Kier alpha value is -2.11. The number of carbonyl (C=O) groups is 3. The van der Waals surface area contributed by atoms with Gasteiger partial charge in [-0.05, 0) is 25.0 Å². The van der Waals surface area contributed by atoms with Gasteiger partial charge in [0.25, 0.3) is 0 Å². The van der Waals surface area contributed by atoms with Crippen LogP contribution in [0.2, 0.25) is 0 Å². The number of hydrogen-bond acceptors (Lipinski definition) is 4. The van der Waals surface area contributed by atoms with Crippen molar-refractivity contribution >= 4 is 17.7 Å². The summed E-state index contributed by atoms with van der Waals surface area (Å²) in [6, 6.07) is 3.49. The summed E-state index contributed by atoms with van der Waals surface area (Å²) in [7, 11) is 0. The average molecular weight is 290 g/mol. The molecule has 21 heavy (non-hydrogen) atoms. The van der Waals surface area contributed by atoms with Crippen LogP contribution < -0.4 is 5.32 Å². The minimum absolute atomic E-state index is 0.183. The maximum Gasteiger partial charge on any atom is 0.240 e. The van der Waals surface area contributed by atoms with E-state index >= 15 is 0 Å². The van der Waals surface area contributed by atoms with E-state index in [-0.39, 0.29) is 42.6 Å². The molecule has 2 atom stereocenters. The van der Waals surface area contributed by atoms with E-state index in [1.165, 1.54) is 6.26 Å². The van der Waals surface area contributed by atoms with E-state index in [0.717, 1.165) is 30.6 Å². The monoisotopic (exact) mass is 290 g/mol. The van der Waals surface area contributed by atoms with Crippen LogP contribution >= 0.6 is 0 Å². The number of imide groups is 1. The number of amides is 3. The minimum atomic E-state index is -0.341. The van der Waals surface area contributed by atoms with Crippen LogP contribution in [-0.4, -0.2) is 29.2 Å². The quantitative estimate of drug-likeness (QED) is 0.841. The molecule has 6 heteroatoms. The van der Waals surface area contributed by atoms with Gasteiger partial charge in [0, 0.05) is 0 Å². The number of rotatable bonds is 4. The fourth-order valence-corrected chi connectivity index (χ4v) is 3.19. The highest BCUT2D eigenvalue weighted by atomic mass is 16.3. The predicted octanol–water partition coefficient (Wildman–Crippen LogP) is 1.07. The van der Waals surface area contributed by atoms with E-state index in [4.69, 9.17) is 4.42 Å². The Morgan fingerprint density at radius 2 is 1.90 bits per heavy atom. The van der Waals surface area contributed by atoms with E-state index < -0.39 is 0 Å². The number of nitrogens with zero attached hydrogens (tertiary/aromatic N) is 1. The molecule has 0 aromatic carbocycles. The van der Waals surface area contributed by atoms with Crippen LogP contribution in [0.3, 0.4) is 0 Å². The first-order chi connectivity index (χ1) is 10.2. The molecule has 3 rings (SSSR count). The molecule has 0 spiro atoms. The van der Waals surface area contributed by atoms with E-state index in [9.17, 15) is 14.4 Å². The van der Waals surface area contributed by atoms with Gasteiger partial charge in [0.15, 0.2) is 0 Å². The van der Waals surface area contributed by atoms with Crippen molar-refractivity contribution in [1.29, 1.82) is 0 Å². The highest BCUT2D eigenvalue weighted by molar-refractivity contribution is 6.07. The van der Waals surface area contributed by atoms with Crippen molar-refractivity contribution in [3.8, 4) is 0 Å². The summed E-state index contributed by atoms with van der Waals surface area (Å²) < 4.78 is 5.11. The number of nitrogens with one attached hydrogen (secondary N) is 1. The smallest absolute Gasteiger partial charge is 0.240 e. The van der Waals surface area contributed by atoms with Crippen LogP contribution in [0.5, 0.6) is 0 Å². The first-order valence-corrected chi connectivity index (χ1v) is 7.31. The molecule has 2 aliphatic rings. The number of carbonyl (C=O) groups excluding carboxylic acids is 3. The van der Waals surface area contributed by atoms with Crippen molar-refractivity contribution in [2.45, 2.75) is 32.2 Å². The molecule has 0 radical (unpaired) electrons. The molecule has 0 bridgehead atoms. The highest BCUT2D eigenvalue weighted by Gasteiger charge is 2.48. The molecular formula is C15H18N2O4. The van der Waals surface area contributed by atoms with Crippen molar-refractivity contribution in [2.24, 2.45) is 11.8 Å². The molecule has 112 valence electrons. The largest absolute Gasteiger partial charge is 0.467 e. The zero-order valence-corrected chi connectivity index (χ0v) is 11.7. The van der Waals surface area contributed by atoms with Gasteiger partial charge in [0.1, 0.15) is 12.3 Å². The molecule has 6 nitrogen and oxygen atoms in total. The molecule has 1 N–H and O–H groups in total. The lowest BCUT2D eigenvalue weighted by atomic mass is 9.81. The predicted molar refractivity (Wildman–Crippen MR) is 72.7 cm³/mol. The second-order valence-electron chi connectivity index (χ2n) is 5.62. The molecule has 0 unspecified atom stereocenters. The molecule has 2 heterocycles. The lowest BCUT2D eigenvalue weighted by Crippen LogP contribution is -2.40. The van der Waals surface area contributed by atoms with Gasteiger partial charge >= 0.3 is 0 Å². The van der Waals surface area contributed by atoms with Gasteiger partial charge in [-0.15, -0.1) is 0 Å². The van der Waals surface area contributed by atoms with Gasteiger partial charge in [0.05, 0.1) is 24.6 Å². The van der Waals surface area contributed by atoms with Crippen molar-refractivity contribution < 1.29 is 18.8 Å². The number of furan rings is 1. The third-order valence-corrected chi connectivity index (χ3v) is 4.27. The van der Waals surface area contributed by atoms with Crippen LogP contribution in [0.4, 0.5) is 0 Å². The summed E-state index contributed by atoms with van der Waals surface area (Å²) in [6.45, 7) is 0.0697.